The summed E-state index contributed by atoms with van der Waals surface area (Å²) in [7, 11) is 2.11. The molecule has 0 aromatic heterocycles. The molecule has 1 aromatic carbocycles. The summed E-state index contributed by atoms with van der Waals surface area (Å²) in [6.45, 7) is 16.2. The zero-order chi connectivity index (χ0) is 21.2. The van der Waals surface area contributed by atoms with E-state index in [9.17, 15) is 5.11 Å². The summed E-state index contributed by atoms with van der Waals surface area (Å²) in [6, 6.07) is 5.48. The molecule has 2 aliphatic rings. The van der Waals surface area contributed by atoms with Gasteiger partial charge in [0.15, 0.2) is 0 Å². The van der Waals surface area contributed by atoms with Crippen molar-refractivity contribution in [2.45, 2.75) is 33.6 Å². The molecule has 1 saturated carbocycles. The highest BCUT2D eigenvalue weighted by Gasteiger charge is 2.44. The van der Waals surface area contributed by atoms with Crippen LogP contribution in [0.1, 0.15) is 44.7 Å². The maximum Gasteiger partial charge on any atom is 0.116 e. The summed E-state index contributed by atoms with van der Waals surface area (Å²) < 4.78 is 0. The van der Waals surface area contributed by atoms with Crippen LogP contribution in [0.15, 0.2) is 59.1 Å². The van der Waals surface area contributed by atoms with Crippen molar-refractivity contribution in [1.29, 1.82) is 0 Å². The number of hydrogen-bond donors (Lipinski definition) is 2. The molecule has 154 valence electrons. The highest BCUT2D eigenvalue weighted by molar-refractivity contribution is 8.11. The second kappa shape index (κ2) is 8.54. The van der Waals surface area contributed by atoms with E-state index in [1.54, 1.807) is 23.9 Å². The first-order valence-electron chi connectivity index (χ1n) is 9.96. The second-order valence-corrected chi connectivity index (χ2v) is 9.52. The molecular weight excluding hydrogens is 378 g/mol. The van der Waals surface area contributed by atoms with Crippen LogP contribution in [0.3, 0.4) is 0 Å². The Labute approximate surface area is 178 Å². The molecule has 1 fully saturated rings. The van der Waals surface area contributed by atoms with Crippen molar-refractivity contribution in [3.8, 4) is 5.75 Å². The number of thioether (sulfide) groups is 1. The number of likely N-dealkylation sites (N-methyl/N-ethyl adjacent to an activating group) is 1. The van der Waals surface area contributed by atoms with Crippen LogP contribution in [0.2, 0.25) is 0 Å². The number of phenolic OH excluding ortho intramolecular Hbond substituents is 1. The van der Waals surface area contributed by atoms with E-state index in [0.29, 0.717) is 6.54 Å². The van der Waals surface area contributed by atoms with Crippen molar-refractivity contribution in [3.63, 3.8) is 0 Å². The van der Waals surface area contributed by atoms with Crippen molar-refractivity contribution in [2.75, 3.05) is 20.1 Å². The third kappa shape index (κ3) is 5.15. The highest BCUT2D eigenvalue weighted by atomic mass is 32.2. The van der Waals surface area contributed by atoms with Gasteiger partial charge in [-0.05, 0) is 60.9 Å². The van der Waals surface area contributed by atoms with Gasteiger partial charge in [0.1, 0.15) is 11.6 Å². The summed E-state index contributed by atoms with van der Waals surface area (Å²) >= 11 is 1.60. The number of phenols is 1. The molecule has 2 N–H and O–H groups in total. The summed E-state index contributed by atoms with van der Waals surface area (Å²) in [4.78, 5) is 9.04. The van der Waals surface area contributed by atoms with Crippen LogP contribution in [0, 0.1) is 5.41 Å². The Kier molecular flexibility index (Phi) is 6.27. The van der Waals surface area contributed by atoms with E-state index < -0.39 is 0 Å². The lowest BCUT2D eigenvalue weighted by molar-refractivity contribution is 0.475. The molecule has 0 amide bonds. The molecule has 1 aliphatic heterocycles. The van der Waals surface area contributed by atoms with E-state index in [0.717, 1.165) is 28.3 Å². The van der Waals surface area contributed by atoms with E-state index in [1.165, 1.54) is 29.2 Å². The summed E-state index contributed by atoms with van der Waals surface area (Å²) in [5.41, 5.74) is 4.02. The molecule has 0 spiro atoms. The number of benzene rings is 1. The lowest BCUT2D eigenvalue weighted by Gasteiger charge is -2.29. The molecule has 0 unspecified atom stereocenters. The number of allylic oxidation sites excluding steroid dienone is 2. The Bertz CT molecular complexity index is 922. The number of amidine groups is 1. The molecule has 1 aliphatic carbocycles. The largest absolute Gasteiger partial charge is 0.508 e. The van der Waals surface area contributed by atoms with Crippen LogP contribution in [0.25, 0.3) is 10.6 Å². The van der Waals surface area contributed by atoms with Gasteiger partial charge in [-0.2, -0.15) is 0 Å². The van der Waals surface area contributed by atoms with Gasteiger partial charge < -0.3 is 15.3 Å². The zero-order valence-corrected chi connectivity index (χ0v) is 18.7. The number of aliphatic imine (C=N–C) groups is 1. The first-order chi connectivity index (χ1) is 13.7. The Hall–Kier alpha value is -2.40. The van der Waals surface area contributed by atoms with Gasteiger partial charge in [-0.15, -0.1) is 0 Å². The van der Waals surface area contributed by atoms with Gasteiger partial charge in [-0.25, -0.2) is 4.99 Å². The lowest BCUT2D eigenvalue weighted by atomic mass is 10.1. The third-order valence-corrected chi connectivity index (χ3v) is 6.56. The molecule has 5 heteroatoms. The average molecular weight is 410 g/mol. The van der Waals surface area contributed by atoms with Gasteiger partial charge in [0.05, 0.1) is 0 Å². The van der Waals surface area contributed by atoms with Crippen molar-refractivity contribution < 1.29 is 5.11 Å². The van der Waals surface area contributed by atoms with Crippen molar-refractivity contribution >= 4 is 28.2 Å². The number of nitrogens with one attached hydrogen (secondary N) is 1. The van der Waals surface area contributed by atoms with Crippen molar-refractivity contribution in [1.82, 2.24) is 10.2 Å². The van der Waals surface area contributed by atoms with E-state index in [4.69, 9.17) is 4.99 Å². The summed E-state index contributed by atoms with van der Waals surface area (Å²) in [5.74, 6) is 1.41. The molecule has 0 saturated heterocycles. The maximum absolute atomic E-state index is 10.2. The fourth-order valence-corrected chi connectivity index (χ4v) is 4.12. The first kappa shape index (κ1) is 21.3. The average Bonchev–Trinajstić information content (AvgIpc) is 3.43. The molecule has 0 radical (unpaired) electrons. The zero-order valence-electron chi connectivity index (χ0n) is 17.9. The molecule has 29 heavy (non-hydrogen) atoms. The maximum atomic E-state index is 10.2. The Balaban J connectivity index is 1.66. The van der Waals surface area contributed by atoms with E-state index in [1.807, 2.05) is 32.2 Å². The normalized spacial score (nSPS) is 18.1. The van der Waals surface area contributed by atoms with Crippen molar-refractivity contribution in [2.24, 2.45) is 10.4 Å². The monoisotopic (exact) mass is 409 g/mol. The summed E-state index contributed by atoms with van der Waals surface area (Å²) in [6.07, 6.45) is 6.49. The molecule has 1 aromatic rings. The Morgan fingerprint density at radius 1 is 1.31 bits per heavy atom. The third-order valence-electron chi connectivity index (χ3n) is 5.52. The van der Waals surface area contributed by atoms with Crippen LogP contribution in [0.5, 0.6) is 5.75 Å². The van der Waals surface area contributed by atoms with Crippen LogP contribution in [-0.2, 0) is 0 Å². The fraction of sp³-hybridized carbons (Fsp3) is 0.375. The van der Waals surface area contributed by atoms with Gasteiger partial charge in [0, 0.05) is 47.9 Å². The number of rotatable bonds is 8. The van der Waals surface area contributed by atoms with Crippen LogP contribution in [-0.4, -0.2) is 36.0 Å². The Morgan fingerprint density at radius 2 is 2.00 bits per heavy atom. The molecule has 0 atom stereocenters. The summed E-state index contributed by atoms with van der Waals surface area (Å²) in [5, 5.41) is 13.6. The number of aromatic hydroxyl groups is 1. The first-order valence-corrected chi connectivity index (χ1v) is 10.8. The number of nitrogens with zero attached hydrogens (tertiary/aromatic N) is 2. The predicted molar refractivity (Wildman–Crippen MR) is 127 cm³/mol. The van der Waals surface area contributed by atoms with Gasteiger partial charge in [-0.3, -0.25) is 0 Å². The molecule has 1 heterocycles. The van der Waals surface area contributed by atoms with E-state index >= 15 is 0 Å². The molecular formula is C24H31N3OS. The van der Waals surface area contributed by atoms with Gasteiger partial charge in [-0.1, -0.05) is 37.9 Å². The fourth-order valence-electron chi connectivity index (χ4n) is 3.38. The Morgan fingerprint density at radius 3 is 2.62 bits per heavy atom. The quantitative estimate of drug-likeness (QED) is 0.586. The van der Waals surface area contributed by atoms with Gasteiger partial charge >= 0.3 is 0 Å². The minimum absolute atomic E-state index is 0.212. The minimum Gasteiger partial charge on any atom is -0.508 e. The van der Waals surface area contributed by atoms with Crippen LogP contribution < -0.4 is 5.32 Å². The van der Waals surface area contributed by atoms with E-state index in [-0.39, 0.29) is 11.2 Å². The molecule has 0 bridgehead atoms. The number of hydrogen-bond acceptors (Lipinski definition) is 5. The second-order valence-electron chi connectivity index (χ2n) is 8.18. The van der Waals surface area contributed by atoms with Crippen LogP contribution >= 0.6 is 11.8 Å². The standard InChI is InChI=1S/C24H31N3OS/c1-7-16(2)29-18(4)21-10-20(11-22(28)12-21)17(3)25-13-19-14-26-23(27(6)15-19)24(5)8-9-24/h7,10-12,14,25,28H,3-4,8-9,13,15H2,1-2,5-6H3/b16-7-. The van der Waals surface area contributed by atoms with Crippen molar-refractivity contribution in [3.05, 3.63) is 65.2 Å². The smallest absolute Gasteiger partial charge is 0.116 e. The van der Waals surface area contributed by atoms with E-state index in [2.05, 4.69) is 37.3 Å². The molecule has 4 nitrogen and oxygen atoms in total. The van der Waals surface area contributed by atoms with Gasteiger partial charge in [0.2, 0.25) is 0 Å². The lowest BCUT2D eigenvalue weighted by Crippen LogP contribution is -2.37. The van der Waals surface area contributed by atoms with Crippen LogP contribution in [0.4, 0.5) is 0 Å². The minimum atomic E-state index is 0.212. The highest BCUT2D eigenvalue weighted by Crippen LogP contribution is 2.47. The predicted octanol–water partition coefficient (Wildman–Crippen LogP) is 5.61. The molecule has 3 rings (SSSR count). The van der Waals surface area contributed by atoms with Gasteiger partial charge in [0.25, 0.3) is 0 Å². The SMILES string of the molecule is C=C(NCC1=CN=C(C2(C)CC2)N(C)C1)c1cc(O)cc(C(=C)S/C(C)=C\C)c1. The topological polar surface area (TPSA) is 47.9 Å².